The first-order chi connectivity index (χ1) is 25.1. The van der Waals surface area contributed by atoms with Gasteiger partial charge >= 0.3 is 325 Å². The van der Waals surface area contributed by atoms with Gasteiger partial charge in [-0.1, -0.05) is 0 Å². The van der Waals surface area contributed by atoms with Crippen LogP contribution in [0.25, 0.3) is 34.4 Å². The molecule has 4 aromatic rings. The maximum atomic E-state index is 9.02. The van der Waals surface area contributed by atoms with E-state index >= 15 is 0 Å². The third-order valence-electron chi connectivity index (χ3n) is 13.7. The molecule has 0 aliphatic heterocycles. The van der Waals surface area contributed by atoms with Gasteiger partial charge in [0.2, 0.25) is 0 Å². The zero-order valence-corrected chi connectivity index (χ0v) is 37.0. The van der Waals surface area contributed by atoms with Crippen molar-refractivity contribution in [3.05, 3.63) is 129 Å². The molecule has 0 spiro atoms. The van der Waals surface area contributed by atoms with Crippen molar-refractivity contribution in [2.45, 2.75) is 111 Å². The summed E-state index contributed by atoms with van der Waals surface area (Å²) in [6.45, 7) is 9.43. The van der Waals surface area contributed by atoms with Crippen molar-refractivity contribution in [3.8, 4) is 22.3 Å². The van der Waals surface area contributed by atoms with E-state index in [0.717, 1.165) is 24.7 Å². The van der Waals surface area contributed by atoms with Crippen LogP contribution in [0.5, 0.6) is 0 Å². The Kier molecular flexibility index (Phi) is 10.6. The van der Waals surface area contributed by atoms with Crippen molar-refractivity contribution in [1.82, 2.24) is 0 Å². The normalized spacial score (nSPS) is 21.7. The Morgan fingerprint density at radius 1 is 0.538 bits per heavy atom. The molecule has 52 heavy (non-hydrogen) atoms. The van der Waals surface area contributed by atoms with E-state index in [9.17, 15) is 0 Å². The van der Waals surface area contributed by atoms with Crippen molar-refractivity contribution >= 4 is 35.1 Å². The van der Waals surface area contributed by atoms with Gasteiger partial charge in [0.25, 0.3) is 0 Å². The van der Waals surface area contributed by atoms with Crippen LogP contribution in [0.3, 0.4) is 0 Å². The maximum absolute atomic E-state index is 9.02. The summed E-state index contributed by atoms with van der Waals surface area (Å²) in [6, 6.07) is 32.4. The second kappa shape index (κ2) is 14.9. The summed E-state index contributed by atoms with van der Waals surface area (Å²) in [5, 5.41) is 0. The summed E-state index contributed by atoms with van der Waals surface area (Å²) in [5.74, 6) is -0.214. The molecule has 271 valence electrons. The van der Waals surface area contributed by atoms with Crippen molar-refractivity contribution in [2.75, 3.05) is 0 Å². The van der Waals surface area contributed by atoms with Gasteiger partial charge in [0.15, 0.2) is 0 Å². The van der Waals surface area contributed by atoms with Crippen LogP contribution in [-0.4, -0.2) is 5.92 Å². The molecule has 8 rings (SSSR count). The summed E-state index contributed by atoms with van der Waals surface area (Å²) in [7, 11) is 18.0. The van der Waals surface area contributed by atoms with Gasteiger partial charge < -0.3 is 0 Å². The van der Waals surface area contributed by atoms with Crippen molar-refractivity contribution in [3.63, 3.8) is 0 Å². The molecule has 2 unspecified atom stereocenters. The number of halogens is 2. The van der Waals surface area contributed by atoms with Crippen molar-refractivity contribution < 1.29 is 15.6 Å². The summed E-state index contributed by atoms with van der Waals surface area (Å²) < 4.78 is 0.292. The van der Waals surface area contributed by atoms with Crippen LogP contribution in [0.2, 0.25) is 13.1 Å². The molecule has 2 atom stereocenters. The molecule has 0 nitrogen and oxygen atoms in total. The van der Waals surface area contributed by atoms with Crippen molar-refractivity contribution in [2.24, 2.45) is 11.8 Å². The Morgan fingerprint density at radius 3 is 1.29 bits per heavy atom. The van der Waals surface area contributed by atoms with E-state index in [1.807, 2.05) is 0 Å². The number of rotatable bonds is 9. The third kappa shape index (κ3) is 6.69. The second-order valence-corrected chi connectivity index (χ2v) is 60.0. The molecule has 2 saturated carbocycles. The minimum atomic E-state index is -4.94. The van der Waals surface area contributed by atoms with Gasteiger partial charge in [-0.2, -0.15) is 0 Å². The van der Waals surface area contributed by atoms with Crippen LogP contribution >= 0.6 is 17.0 Å². The van der Waals surface area contributed by atoms with Crippen LogP contribution in [0.4, 0.5) is 0 Å². The van der Waals surface area contributed by atoms with Crippen LogP contribution in [0, 0.1) is 25.7 Å². The first kappa shape index (κ1) is 37.0. The van der Waals surface area contributed by atoms with E-state index in [1.54, 1.807) is 11.1 Å². The SMILES string of the molecule is Cc1ccc(-c2cccc3c2C=C(CC2CCCCC2)[CH]3[Zr]([Cl])([Cl])([CH]2C(CC3CCCCC3)=Cc3c(-c4ccc(C)cc4)cccc32)[SiH](C)C)cc1. The number of hydrogen-bond donors (Lipinski definition) is 0. The quantitative estimate of drug-likeness (QED) is 0.148. The van der Waals surface area contributed by atoms with E-state index in [4.69, 9.17) is 17.0 Å². The molecule has 2 fully saturated rings. The van der Waals surface area contributed by atoms with Gasteiger partial charge in [-0.25, -0.2) is 0 Å². The molecule has 0 bridgehead atoms. The molecule has 0 saturated heterocycles. The number of aryl methyl sites for hydroxylation is 2. The average molecular weight is 824 g/mol. The predicted octanol–water partition coefficient (Wildman–Crippen LogP) is 15.1. The van der Waals surface area contributed by atoms with Gasteiger partial charge in [-0.3, -0.25) is 0 Å². The fraction of sp³-hybridized carbons (Fsp3) is 0.417. The zero-order chi connectivity index (χ0) is 36.1. The zero-order valence-electron chi connectivity index (χ0n) is 31.9. The number of hydrogen-bond acceptors (Lipinski definition) is 0. The molecular weight excluding hydrogens is 767 g/mol. The van der Waals surface area contributed by atoms with E-state index in [0.29, 0.717) is 0 Å². The van der Waals surface area contributed by atoms with Crippen LogP contribution in [-0.2, 0) is 15.6 Å². The Bertz CT molecular complexity index is 1850. The van der Waals surface area contributed by atoms with Crippen LogP contribution < -0.4 is 0 Å². The second-order valence-electron chi connectivity index (χ2n) is 17.5. The third-order valence-corrected chi connectivity index (χ3v) is 65.6. The molecule has 0 N–H and O–H groups in total. The van der Waals surface area contributed by atoms with Gasteiger partial charge in [0, 0.05) is 0 Å². The van der Waals surface area contributed by atoms with Crippen LogP contribution in [0.15, 0.2) is 96.1 Å². The van der Waals surface area contributed by atoms with E-state index in [-0.39, 0.29) is 7.25 Å². The molecule has 4 aliphatic carbocycles. The van der Waals surface area contributed by atoms with Gasteiger partial charge in [0.1, 0.15) is 0 Å². The summed E-state index contributed by atoms with van der Waals surface area (Å²) in [4.78, 5) is 0. The van der Waals surface area contributed by atoms with Gasteiger partial charge in [0.05, 0.1) is 0 Å². The Labute approximate surface area is 322 Å². The Balaban J connectivity index is 1.33. The van der Waals surface area contributed by atoms with E-state index in [2.05, 4.69) is 124 Å². The first-order valence-corrected chi connectivity index (χ1v) is 36.8. The Morgan fingerprint density at radius 2 is 0.923 bits per heavy atom. The molecule has 0 aromatic heterocycles. The van der Waals surface area contributed by atoms with Gasteiger partial charge in [-0.05, 0) is 0 Å². The summed E-state index contributed by atoms with van der Waals surface area (Å²) in [6.07, 6.45) is 21.0. The molecule has 0 amide bonds. The average Bonchev–Trinajstić information content (AvgIpc) is 3.72. The van der Waals surface area contributed by atoms with Crippen molar-refractivity contribution in [1.29, 1.82) is 0 Å². The number of fused-ring (bicyclic) bond motifs is 2. The summed E-state index contributed by atoms with van der Waals surface area (Å²) in [5.41, 5.74) is 16.6. The van der Waals surface area contributed by atoms with E-state index in [1.165, 1.54) is 120 Å². The molecule has 4 aliphatic rings. The molecule has 0 radical (unpaired) electrons. The molecule has 0 heterocycles. The molecule has 4 heteroatoms. The number of allylic oxidation sites excluding steroid dienone is 2. The monoisotopic (exact) mass is 821 g/mol. The molecular formula is C48H57Cl2SiZr. The standard InChI is InChI=1S/2C23H25.C2H7Si.2ClH.Zr/c2*1-17-10-12-20(13-11-17)22-9-5-8-21-15-19(16-23(21)22)14-18-6-3-2-4-7-18;1-3-2;;;/h2*5,8-13,15-16,18H,2-4,6-7,14H2,1H3;3H,1-2H3;2*1H;/q;;;;;+2/p-2. The fourth-order valence-electron chi connectivity index (χ4n) is 10.8. The number of benzene rings is 4. The Hall–Kier alpha value is -1.96. The first-order valence-electron chi connectivity index (χ1n) is 20.5. The minimum absolute atomic E-state index is 0.146. The van der Waals surface area contributed by atoms with Gasteiger partial charge in [-0.15, -0.1) is 0 Å². The van der Waals surface area contributed by atoms with E-state index < -0.39 is 21.5 Å². The topological polar surface area (TPSA) is 0 Å². The molecule has 4 aromatic carbocycles. The van der Waals surface area contributed by atoms with Crippen LogP contribution in [0.1, 0.15) is 118 Å². The predicted molar refractivity (Wildman–Crippen MR) is 228 cm³/mol. The summed E-state index contributed by atoms with van der Waals surface area (Å²) >= 11 is -4.94. The fourth-order valence-corrected chi connectivity index (χ4v) is 42.2.